The van der Waals surface area contributed by atoms with Crippen molar-refractivity contribution in [3.8, 4) is 0 Å². The average molecular weight is 235 g/mol. The van der Waals surface area contributed by atoms with Gasteiger partial charge in [0.15, 0.2) is 0 Å². The summed E-state index contributed by atoms with van der Waals surface area (Å²) in [7, 11) is 0. The van der Waals surface area contributed by atoms with Crippen molar-refractivity contribution in [2.24, 2.45) is 0 Å². The molecule has 42 valence electrons. The summed E-state index contributed by atoms with van der Waals surface area (Å²) < 4.78 is 0. The summed E-state index contributed by atoms with van der Waals surface area (Å²) in [5.74, 6) is 0. The van der Waals surface area contributed by atoms with Crippen molar-refractivity contribution in [2.75, 3.05) is 0 Å². The van der Waals surface area contributed by atoms with E-state index in [1.807, 2.05) is 0 Å². The number of hydrogen-bond acceptors (Lipinski definition) is 0. The van der Waals surface area contributed by atoms with Crippen LogP contribution in [0.25, 0.3) is 0 Å². The van der Waals surface area contributed by atoms with Gasteiger partial charge in [0.1, 0.15) is 0 Å². The first-order chi connectivity index (χ1) is 0. The van der Waals surface area contributed by atoms with Crippen LogP contribution in [0.4, 0.5) is 0 Å². The van der Waals surface area contributed by atoms with Crippen LogP contribution in [0.1, 0.15) is 0 Å². The van der Waals surface area contributed by atoms with Crippen molar-refractivity contribution in [1.29, 1.82) is 0 Å². The molecule has 0 aromatic rings. The Balaban J connectivity index is 0. The minimum atomic E-state index is 0. The van der Waals surface area contributed by atoms with E-state index in [0.29, 0.717) is 0 Å². The van der Waals surface area contributed by atoms with Gasteiger partial charge in [-0.1, -0.05) is 0 Å². The van der Waals surface area contributed by atoms with Crippen molar-refractivity contribution < 1.29 is 35.6 Å². The van der Waals surface area contributed by atoms with E-state index in [1.165, 1.54) is 0 Å². The summed E-state index contributed by atoms with van der Waals surface area (Å²) >= 11 is 0. The Hall–Kier alpha value is 2.50. The zero-order chi connectivity index (χ0) is 0. The van der Waals surface area contributed by atoms with Crippen molar-refractivity contribution >= 4 is 54.0 Å². The first kappa shape index (κ1) is 76.4. The molecule has 0 aromatic carbocycles. The van der Waals surface area contributed by atoms with E-state index in [2.05, 4.69) is 0 Å². The maximum Gasteiger partial charge on any atom is 3.00 e. The molecule has 0 N–H and O–H groups in total. The maximum absolute atomic E-state index is 0. The Bertz CT molecular complexity index is 7.51. The van der Waals surface area contributed by atoms with Gasteiger partial charge in [0.25, 0.3) is 0 Å². The quantitative estimate of drug-likeness (QED) is 0.518. The van der Waals surface area contributed by atoms with Gasteiger partial charge < -0.3 is 54.0 Å². The zero-order valence-electron chi connectivity index (χ0n) is 2.43. The number of hydrogen-bond donors (Lipinski definition) is 0. The molecule has 0 atom stereocenters. The molecule has 0 spiro atoms. The van der Waals surface area contributed by atoms with Crippen LogP contribution in [0.3, 0.4) is 0 Å². The van der Waals surface area contributed by atoms with Crippen molar-refractivity contribution in [3.63, 3.8) is 0 Å². The van der Waals surface area contributed by atoms with Gasteiger partial charge in [-0.15, -0.1) is 0 Å². The molecule has 0 aromatic heterocycles. The van der Waals surface area contributed by atoms with Gasteiger partial charge in [0.2, 0.25) is 0 Å². The second kappa shape index (κ2) is 50.6. The molecule has 0 unspecified atom stereocenters. The van der Waals surface area contributed by atoms with Gasteiger partial charge in [-0.2, -0.15) is 0 Å². The molecule has 0 saturated heterocycles. The molecule has 0 amide bonds. The van der Waals surface area contributed by atoms with Crippen LogP contribution in [0.15, 0.2) is 0 Å². The van der Waals surface area contributed by atoms with Gasteiger partial charge in [0, 0.05) is 18.6 Å². The van der Waals surface area contributed by atoms with Crippen LogP contribution < -0.4 is 0 Å². The minimum absolute atomic E-state index is 0. The van der Waals surface area contributed by atoms with Gasteiger partial charge >= 0.3 is 17.1 Å². The topological polar surface area (TPSA) is 0 Å². The summed E-state index contributed by atoms with van der Waals surface area (Å²) in [6, 6.07) is 0. The van der Waals surface area contributed by atoms with Crippen LogP contribution in [0.5, 0.6) is 0 Å². The summed E-state index contributed by atoms with van der Waals surface area (Å²) in [5, 5.41) is 0. The first-order valence-corrected chi connectivity index (χ1v) is 0. The molecule has 0 nitrogen and oxygen atoms in total. The third-order valence-corrected chi connectivity index (χ3v) is 0. The summed E-state index contributed by atoms with van der Waals surface area (Å²) in [4.78, 5) is 0. The Morgan fingerprint density at radius 3 is 0.500 bits per heavy atom. The first-order valence-electron chi connectivity index (χ1n) is 0. The molecule has 6 heavy (non-hydrogen) atoms. The molecule has 0 fully saturated rings. The van der Waals surface area contributed by atoms with E-state index >= 15 is 0 Å². The monoisotopic (exact) mass is 235 g/mol. The average Bonchev–Trinajstić information content (AvgIpc) is 0. The summed E-state index contributed by atoms with van der Waals surface area (Å²) in [5.41, 5.74) is 0. The fraction of sp³-hybridized carbons (Fsp3) is 0. The van der Waals surface area contributed by atoms with E-state index in [0.717, 1.165) is 0 Å². The molecule has 0 heterocycles. The van der Waals surface area contributed by atoms with Crippen LogP contribution >= 0.6 is 0 Å². The van der Waals surface area contributed by atoms with E-state index in [-0.39, 0.29) is 89.6 Å². The third-order valence-electron chi connectivity index (χ3n) is 0. The normalized spacial score (nSPS) is 0. The fourth-order valence-electron chi connectivity index (χ4n) is 0. The van der Waals surface area contributed by atoms with E-state index in [1.54, 1.807) is 0 Å². The standard InChI is InChI=1S/Fe.4S.V/q+3;4*-2;. The van der Waals surface area contributed by atoms with Crippen molar-refractivity contribution in [3.05, 3.63) is 0 Å². The molecule has 2 radical (unpaired) electrons. The van der Waals surface area contributed by atoms with Crippen LogP contribution in [0, 0.1) is 0 Å². The van der Waals surface area contributed by atoms with Gasteiger partial charge in [0.05, 0.1) is 0 Å². The number of rotatable bonds is 0. The second-order valence-electron chi connectivity index (χ2n) is 0. The van der Waals surface area contributed by atoms with Crippen LogP contribution in [-0.2, 0) is 89.6 Å². The fourth-order valence-corrected chi connectivity index (χ4v) is 0. The van der Waals surface area contributed by atoms with Gasteiger partial charge in [-0.25, -0.2) is 0 Å². The Kier molecular flexibility index (Phi) is 644. The molecular weight excluding hydrogens is 235 g/mol. The van der Waals surface area contributed by atoms with E-state index in [4.69, 9.17) is 0 Å². The van der Waals surface area contributed by atoms with E-state index < -0.39 is 0 Å². The van der Waals surface area contributed by atoms with Gasteiger partial charge in [-0.3, -0.25) is 0 Å². The molecule has 0 rings (SSSR count). The second-order valence-corrected chi connectivity index (χ2v) is 0. The van der Waals surface area contributed by atoms with Crippen LogP contribution in [-0.4, -0.2) is 0 Å². The predicted molar refractivity (Wildman–Crippen MR) is 29.5 cm³/mol. The molecule has 0 aliphatic heterocycles. The summed E-state index contributed by atoms with van der Waals surface area (Å²) in [6.45, 7) is 0. The SMILES string of the molecule is [Fe+3].[S-2].[S-2].[S-2].[S-2].[V]. The Labute approximate surface area is 88.7 Å². The van der Waals surface area contributed by atoms with E-state index in [9.17, 15) is 0 Å². The molecule has 6 heteroatoms. The zero-order valence-corrected chi connectivity index (χ0v) is 8.20. The summed E-state index contributed by atoms with van der Waals surface area (Å²) in [6.07, 6.45) is 0. The molecule has 0 saturated carbocycles. The Morgan fingerprint density at radius 2 is 0.500 bits per heavy atom. The van der Waals surface area contributed by atoms with Crippen molar-refractivity contribution in [1.82, 2.24) is 0 Å². The maximum atomic E-state index is 0. The largest absolute Gasteiger partial charge is 3.00 e. The molecule has 0 aliphatic carbocycles. The third kappa shape index (κ3) is 31.4. The Morgan fingerprint density at radius 1 is 0.500 bits per heavy atom. The van der Waals surface area contributed by atoms with Crippen LogP contribution in [0.2, 0.25) is 0 Å². The molecular formula is FeS4V-5. The van der Waals surface area contributed by atoms with Crippen molar-refractivity contribution in [2.45, 2.75) is 0 Å². The predicted octanol–water partition coefficient (Wildman–Crippen LogP) is -0.0146. The molecule has 0 aliphatic rings. The molecule has 0 bridgehead atoms. The minimum Gasteiger partial charge on any atom is -2.00 e. The van der Waals surface area contributed by atoms with Gasteiger partial charge in [-0.05, 0) is 0 Å². The smallest absolute Gasteiger partial charge is 2.00 e.